The largest absolute Gasteiger partial charge is 0.402 e. The average Bonchev–Trinajstić information content (AvgIpc) is 3.13. The van der Waals surface area contributed by atoms with Crippen LogP contribution in [0, 0.1) is 55.4 Å². The van der Waals surface area contributed by atoms with Gasteiger partial charge >= 0.3 is 6.18 Å². The Kier molecular flexibility index (Phi) is 23.5. The van der Waals surface area contributed by atoms with Gasteiger partial charge in [0, 0.05) is 0 Å². The summed E-state index contributed by atoms with van der Waals surface area (Å²) < 4.78 is 41.8. The lowest BCUT2D eigenvalue weighted by Crippen LogP contribution is -2.40. The summed E-state index contributed by atoms with van der Waals surface area (Å²) in [6, 6.07) is 31.2. The number of benzene rings is 5. The number of hydrogen-bond donors (Lipinski definition) is 0. The molecule has 0 aliphatic carbocycles. The van der Waals surface area contributed by atoms with Crippen molar-refractivity contribution in [2.75, 3.05) is 0 Å². The Balaban J connectivity index is 0. The highest BCUT2D eigenvalue weighted by molar-refractivity contribution is 5.82. The van der Waals surface area contributed by atoms with E-state index < -0.39 is 11.6 Å². The van der Waals surface area contributed by atoms with Crippen molar-refractivity contribution >= 4 is 10.8 Å². The zero-order valence-corrected chi connectivity index (χ0v) is 34.4. The molecule has 0 amide bonds. The fourth-order valence-corrected chi connectivity index (χ4v) is 4.84. The summed E-state index contributed by atoms with van der Waals surface area (Å²) in [6.07, 6.45) is -4.36. The van der Waals surface area contributed by atoms with E-state index in [1.54, 1.807) is 36.4 Å². The minimum absolute atomic E-state index is 0.284. The van der Waals surface area contributed by atoms with Crippen LogP contribution in [0.25, 0.3) is 10.8 Å². The lowest BCUT2D eigenvalue weighted by Gasteiger charge is -2.34. The Morgan fingerprint density at radius 3 is 0.800 bits per heavy atom. The molecule has 0 radical (unpaired) electrons. The van der Waals surface area contributed by atoms with E-state index >= 15 is 0 Å². The third-order valence-corrected chi connectivity index (χ3v) is 8.50. The Labute approximate surface area is 305 Å². The molecule has 50 heavy (non-hydrogen) atoms. The summed E-state index contributed by atoms with van der Waals surface area (Å²) in [5, 5.41) is 2.62. The first-order chi connectivity index (χ1) is 23.6. The van der Waals surface area contributed by atoms with E-state index in [1.165, 1.54) is 39.9 Å². The first kappa shape index (κ1) is 48.3. The lowest BCUT2D eigenvalue weighted by atomic mass is 9.74. The van der Waals surface area contributed by atoms with E-state index in [0.29, 0.717) is 0 Å². The summed E-state index contributed by atoms with van der Waals surface area (Å²) in [6.45, 7) is 33.4. The molecule has 0 saturated heterocycles. The maximum Gasteiger partial charge on any atom is 0.402 e. The van der Waals surface area contributed by atoms with E-state index in [9.17, 15) is 13.2 Å². The predicted octanol–water partition coefficient (Wildman–Crippen LogP) is 15.7. The van der Waals surface area contributed by atoms with Crippen LogP contribution in [-0.4, -0.2) is 6.18 Å². The standard InChI is InChI=1S/C19H21F3.C10H8.C10H14.4C2H6/c1-12-6-8-16(10-14(12)3)18(5,19(20,21)22)17-9-7-13(2)15(4)11-17;1-2-6-10-8-4-3-7-9(10)5-1;1-7-5-9(3)10(4)6-8(7)2;4*1-2/h6-11H,1-5H3;1-8H;5-6H,1-4H3;4*1-2H3. The first-order valence-corrected chi connectivity index (χ1v) is 18.4. The number of rotatable bonds is 2. The second-order valence-electron chi connectivity index (χ2n) is 11.6. The SMILES string of the molecule is CC.CC.CC.CC.Cc1cc(C)c(C)cc1C.Cc1ccc(C(C)(c2ccc(C)c(C)c2)C(F)(F)F)cc1C.c1ccc2ccccc2c1. The molecule has 5 aromatic rings. The summed E-state index contributed by atoms with van der Waals surface area (Å²) in [5.74, 6) is 0. The van der Waals surface area contributed by atoms with Crippen molar-refractivity contribution in [3.05, 3.63) is 153 Å². The molecule has 0 unspecified atom stereocenters. The Morgan fingerprint density at radius 1 is 0.340 bits per heavy atom. The molecule has 0 heterocycles. The van der Waals surface area contributed by atoms with E-state index in [2.05, 4.69) is 88.4 Å². The molecule has 0 N–H and O–H groups in total. The zero-order chi connectivity index (χ0) is 39.2. The molecule has 0 nitrogen and oxygen atoms in total. The van der Waals surface area contributed by atoms with Gasteiger partial charge in [-0.15, -0.1) is 0 Å². The Morgan fingerprint density at radius 2 is 0.580 bits per heavy atom. The summed E-state index contributed by atoms with van der Waals surface area (Å²) in [7, 11) is 0. The quantitative estimate of drug-likeness (QED) is 0.173. The third-order valence-electron chi connectivity index (χ3n) is 8.50. The molecule has 0 spiro atoms. The van der Waals surface area contributed by atoms with Crippen molar-refractivity contribution in [1.29, 1.82) is 0 Å². The van der Waals surface area contributed by atoms with Gasteiger partial charge in [0.15, 0.2) is 0 Å². The first-order valence-electron chi connectivity index (χ1n) is 18.4. The number of fused-ring (bicyclic) bond motifs is 1. The van der Waals surface area contributed by atoms with Gasteiger partial charge in [-0.3, -0.25) is 0 Å². The third kappa shape index (κ3) is 13.8. The fourth-order valence-electron chi connectivity index (χ4n) is 4.84. The van der Waals surface area contributed by atoms with E-state index in [-0.39, 0.29) is 11.1 Å². The molecule has 0 aromatic heterocycles. The van der Waals surface area contributed by atoms with Crippen molar-refractivity contribution in [2.24, 2.45) is 0 Å². The van der Waals surface area contributed by atoms with Gasteiger partial charge in [-0.1, -0.05) is 152 Å². The summed E-state index contributed by atoms with van der Waals surface area (Å²) in [5.41, 5.74) is 7.86. The van der Waals surface area contributed by atoms with Crippen LogP contribution in [0.3, 0.4) is 0 Å². The summed E-state index contributed by atoms with van der Waals surface area (Å²) >= 11 is 0. The number of alkyl halides is 3. The highest BCUT2D eigenvalue weighted by Crippen LogP contribution is 2.46. The van der Waals surface area contributed by atoms with Gasteiger partial charge in [0.1, 0.15) is 5.41 Å². The average molecular weight is 689 g/mol. The van der Waals surface area contributed by atoms with Gasteiger partial charge in [0.05, 0.1) is 0 Å². The topological polar surface area (TPSA) is 0 Å². The van der Waals surface area contributed by atoms with Crippen LogP contribution < -0.4 is 0 Å². The van der Waals surface area contributed by atoms with Crippen molar-refractivity contribution < 1.29 is 13.2 Å². The van der Waals surface area contributed by atoms with Crippen molar-refractivity contribution in [3.63, 3.8) is 0 Å². The van der Waals surface area contributed by atoms with Crippen molar-refractivity contribution in [3.8, 4) is 0 Å². The highest BCUT2D eigenvalue weighted by Gasteiger charge is 2.53. The van der Waals surface area contributed by atoms with Gasteiger partial charge in [0.25, 0.3) is 0 Å². The second kappa shape index (κ2) is 24.3. The van der Waals surface area contributed by atoms with Crippen LogP contribution in [0.5, 0.6) is 0 Å². The predicted molar refractivity (Wildman–Crippen MR) is 219 cm³/mol. The minimum atomic E-state index is -4.36. The lowest BCUT2D eigenvalue weighted by molar-refractivity contribution is -0.173. The molecule has 5 aromatic carbocycles. The van der Waals surface area contributed by atoms with E-state index in [0.717, 1.165) is 22.3 Å². The summed E-state index contributed by atoms with van der Waals surface area (Å²) in [4.78, 5) is 0. The van der Waals surface area contributed by atoms with Crippen LogP contribution in [0.2, 0.25) is 0 Å². The van der Waals surface area contributed by atoms with Gasteiger partial charge < -0.3 is 0 Å². The van der Waals surface area contributed by atoms with Gasteiger partial charge in [-0.2, -0.15) is 13.2 Å². The molecular formula is C47H67F3. The Hall–Kier alpha value is -3.85. The molecule has 5 rings (SSSR count). The van der Waals surface area contributed by atoms with Gasteiger partial charge in [-0.25, -0.2) is 0 Å². The van der Waals surface area contributed by atoms with Crippen LogP contribution in [0.15, 0.2) is 97.1 Å². The molecule has 3 heteroatoms. The van der Waals surface area contributed by atoms with Crippen molar-refractivity contribution in [1.82, 2.24) is 0 Å². The second-order valence-corrected chi connectivity index (χ2v) is 11.6. The normalized spacial score (nSPS) is 10.0. The molecule has 0 atom stereocenters. The maximum absolute atomic E-state index is 13.9. The zero-order valence-electron chi connectivity index (χ0n) is 34.4. The number of hydrogen-bond acceptors (Lipinski definition) is 0. The van der Waals surface area contributed by atoms with Gasteiger partial charge in [0.2, 0.25) is 0 Å². The maximum atomic E-state index is 13.9. The molecule has 0 fully saturated rings. The Bertz CT molecular complexity index is 1490. The molecule has 276 valence electrons. The fraction of sp³-hybridized carbons (Fsp3) is 0.404. The molecule has 0 bridgehead atoms. The monoisotopic (exact) mass is 689 g/mol. The van der Waals surface area contributed by atoms with Crippen molar-refractivity contribution in [2.45, 2.75) is 129 Å². The molecular weight excluding hydrogens is 622 g/mol. The molecule has 0 aliphatic heterocycles. The van der Waals surface area contributed by atoms with E-state index in [4.69, 9.17) is 0 Å². The minimum Gasteiger partial charge on any atom is -0.170 e. The van der Waals surface area contributed by atoms with Gasteiger partial charge in [-0.05, 0) is 129 Å². The number of halogens is 3. The van der Waals surface area contributed by atoms with Crippen LogP contribution >= 0.6 is 0 Å². The smallest absolute Gasteiger partial charge is 0.170 e. The van der Waals surface area contributed by atoms with Crippen LogP contribution in [-0.2, 0) is 5.41 Å². The molecule has 0 aliphatic rings. The molecule has 0 saturated carbocycles. The highest BCUT2D eigenvalue weighted by atomic mass is 19.4. The number of aryl methyl sites for hydroxylation is 8. The van der Waals surface area contributed by atoms with Crippen LogP contribution in [0.4, 0.5) is 13.2 Å². The van der Waals surface area contributed by atoms with E-state index in [1.807, 2.05) is 83.1 Å². The van der Waals surface area contributed by atoms with Crippen LogP contribution in [0.1, 0.15) is 118 Å².